The lowest BCUT2D eigenvalue weighted by molar-refractivity contribution is 0.411. The largest absolute Gasteiger partial charge is 0.504 e. The van der Waals surface area contributed by atoms with Gasteiger partial charge in [-0.2, -0.15) is 0 Å². The van der Waals surface area contributed by atoms with Crippen molar-refractivity contribution in [1.29, 1.82) is 0 Å². The first-order valence-electron chi connectivity index (χ1n) is 6.26. The third-order valence-electron chi connectivity index (χ3n) is 3.13. The third-order valence-corrected chi connectivity index (χ3v) is 3.13. The Morgan fingerprint density at radius 1 is 1.11 bits per heavy atom. The highest BCUT2D eigenvalue weighted by atomic mass is 16.5. The maximum absolute atomic E-state index is 9.67. The summed E-state index contributed by atoms with van der Waals surface area (Å²) >= 11 is 0. The molecule has 1 N–H and O–H groups in total. The van der Waals surface area contributed by atoms with Gasteiger partial charge in [-0.05, 0) is 42.2 Å². The van der Waals surface area contributed by atoms with Gasteiger partial charge in [0.25, 0.3) is 0 Å². The number of rotatable bonds is 4. The highest BCUT2D eigenvalue weighted by Gasteiger charge is 2.06. The minimum Gasteiger partial charge on any atom is -0.504 e. The van der Waals surface area contributed by atoms with Crippen LogP contribution < -0.4 is 4.74 Å². The smallest absolute Gasteiger partial charge is 0.169 e. The van der Waals surface area contributed by atoms with Gasteiger partial charge in [-0.25, -0.2) is 0 Å². The van der Waals surface area contributed by atoms with Gasteiger partial charge in [-0.1, -0.05) is 38.1 Å². The predicted molar refractivity (Wildman–Crippen MR) is 73.3 cm³/mol. The Labute approximate surface area is 108 Å². The molecule has 18 heavy (non-hydrogen) atoms. The van der Waals surface area contributed by atoms with Crippen molar-refractivity contribution in [2.45, 2.75) is 26.2 Å². The molecule has 0 saturated heterocycles. The topological polar surface area (TPSA) is 29.5 Å². The molecule has 2 heteroatoms. The monoisotopic (exact) mass is 242 g/mol. The molecule has 1 atom stereocenters. The molecule has 2 aromatic rings. The van der Waals surface area contributed by atoms with Crippen LogP contribution in [0.1, 0.15) is 31.7 Å². The Morgan fingerprint density at radius 3 is 2.61 bits per heavy atom. The van der Waals surface area contributed by atoms with E-state index in [2.05, 4.69) is 19.9 Å². The van der Waals surface area contributed by atoms with E-state index in [1.54, 1.807) is 18.2 Å². The molecule has 0 radical (unpaired) electrons. The van der Waals surface area contributed by atoms with Gasteiger partial charge in [0.1, 0.15) is 5.75 Å². The van der Waals surface area contributed by atoms with E-state index >= 15 is 0 Å². The summed E-state index contributed by atoms with van der Waals surface area (Å²) < 4.78 is 5.69. The molecule has 2 aromatic carbocycles. The first-order valence-corrected chi connectivity index (χ1v) is 6.26. The number of aromatic hydroxyl groups is 1. The molecule has 0 aromatic heterocycles. The number of para-hydroxylation sites is 2. The highest BCUT2D eigenvalue weighted by Crippen LogP contribution is 2.31. The lowest BCUT2D eigenvalue weighted by atomic mass is 9.99. The molecule has 0 heterocycles. The van der Waals surface area contributed by atoms with Crippen molar-refractivity contribution in [2.75, 3.05) is 0 Å². The molecule has 94 valence electrons. The summed E-state index contributed by atoms with van der Waals surface area (Å²) in [5, 5.41) is 9.67. The normalized spacial score (nSPS) is 12.1. The van der Waals surface area contributed by atoms with E-state index in [4.69, 9.17) is 4.74 Å². The Balaban J connectivity index is 2.22. The SMILES string of the molecule is CCC(C)c1cccc(Oc2ccccc2O)c1. The van der Waals surface area contributed by atoms with Crippen molar-refractivity contribution in [3.8, 4) is 17.2 Å². The van der Waals surface area contributed by atoms with Gasteiger partial charge in [0.2, 0.25) is 0 Å². The lowest BCUT2D eigenvalue weighted by Crippen LogP contribution is -1.92. The molecule has 0 saturated carbocycles. The van der Waals surface area contributed by atoms with Crippen LogP contribution in [0.15, 0.2) is 48.5 Å². The molecule has 0 fully saturated rings. The quantitative estimate of drug-likeness (QED) is 0.842. The van der Waals surface area contributed by atoms with Crippen molar-refractivity contribution >= 4 is 0 Å². The molecule has 0 bridgehead atoms. The second kappa shape index (κ2) is 5.58. The second-order valence-corrected chi connectivity index (χ2v) is 4.45. The van der Waals surface area contributed by atoms with Crippen LogP contribution in [0.2, 0.25) is 0 Å². The zero-order valence-corrected chi connectivity index (χ0v) is 10.8. The van der Waals surface area contributed by atoms with E-state index < -0.39 is 0 Å². The maximum Gasteiger partial charge on any atom is 0.169 e. The third kappa shape index (κ3) is 2.83. The molecule has 0 amide bonds. The van der Waals surface area contributed by atoms with Crippen LogP contribution in [-0.2, 0) is 0 Å². The van der Waals surface area contributed by atoms with Crippen molar-refractivity contribution in [3.63, 3.8) is 0 Å². The van der Waals surface area contributed by atoms with Crippen LogP contribution in [-0.4, -0.2) is 5.11 Å². The molecular weight excluding hydrogens is 224 g/mol. The van der Waals surface area contributed by atoms with Gasteiger partial charge in [-0.3, -0.25) is 0 Å². The fourth-order valence-corrected chi connectivity index (χ4v) is 1.79. The second-order valence-electron chi connectivity index (χ2n) is 4.45. The first-order chi connectivity index (χ1) is 8.70. The van der Waals surface area contributed by atoms with Crippen LogP contribution in [0.3, 0.4) is 0 Å². The Hall–Kier alpha value is -1.96. The molecule has 0 aliphatic heterocycles. The van der Waals surface area contributed by atoms with Crippen molar-refractivity contribution in [1.82, 2.24) is 0 Å². The van der Waals surface area contributed by atoms with Crippen LogP contribution in [0.5, 0.6) is 17.2 Å². The summed E-state index contributed by atoms with van der Waals surface area (Å²) in [6, 6.07) is 15.0. The lowest BCUT2D eigenvalue weighted by Gasteiger charge is -2.12. The van der Waals surface area contributed by atoms with Gasteiger partial charge in [0.15, 0.2) is 11.5 Å². The van der Waals surface area contributed by atoms with Crippen LogP contribution >= 0.6 is 0 Å². The summed E-state index contributed by atoms with van der Waals surface area (Å²) in [5.74, 6) is 1.91. The fourth-order valence-electron chi connectivity index (χ4n) is 1.79. The molecule has 0 aliphatic carbocycles. The number of phenolic OH excluding ortho intramolecular Hbond substituents is 1. The van der Waals surface area contributed by atoms with E-state index in [0.29, 0.717) is 11.7 Å². The Kier molecular flexibility index (Phi) is 3.88. The first kappa shape index (κ1) is 12.5. The van der Waals surface area contributed by atoms with Crippen molar-refractivity contribution in [3.05, 3.63) is 54.1 Å². The van der Waals surface area contributed by atoms with E-state index in [1.165, 1.54) is 5.56 Å². The maximum atomic E-state index is 9.67. The molecule has 0 aliphatic rings. The Bertz CT molecular complexity index is 520. The van der Waals surface area contributed by atoms with Crippen molar-refractivity contribution < 1.29 is 9.84 Å². The van der Waals surface area contributed by atoms with Crippen LogP contribution in [0.25, 0.3) is 0 Å². The van der Waals surface area contributed by atoms with Gasteiger partial charge in [0, 0.05) is 0 Å². The molecule has 2 nitrogen and oxygen atoms in total. The highest BCUT2D eigenvalue weighted by molar-refractivity contribution is 5.42. The number of benzene rings is 2. The standard InChI is InChI=1S/C16H18O2/c1-3-12(2)13-7-6-8-14(11-13)18-16-10-5-4-9-15(16)17/h4-12,17H,3H2,1-2H3. The van der Waals surface area contributed by atoms with Gasteiger partial charge in [0.05, 0.1) is 0 Å². The molecular formula is C16H18O2. The summed E-state index contributed by atoms with van der Waals surface area (Å²) in [6.07, 6.45) is 1.10. The summed E-state index contributed by atoms with van der Waals surface area (Å²) in [7, 11) is 0. The predicted octanol–water partition coefficient (Wildman–Crippen LogP) is 4.70. The Morgan fingerprint density at radius 2 is 1.89 bits per heavy atom. The average Bonchev–Trinajstić information content (AvgIpc) is 2.41. The zero-order valence-electron chi connectivity index (χ0n) is 10.8. The fraction of sp³-hybridized carbons (Fsp3) is 0.250. The number of ether oxygens (including phenoxy) is 1. The van der Waals surface area contributed by atoms with E-state index in [9.17, 15) is 5.11 Å². The number of hydrogen-bond donors (Lipinski definition) is 1. The number of phenols is 1. The number of hydrogen-bond acceptors (Lipinski definition) is 2. The summed E-state index contributed by atoms with van der Waals surface area (Å²) in [5.41, 5.74) is 1.26. The van der Waals surface area contributed by atoms with Crippen molar-refractivity contribution in [2.24, 2.45) is 0 Å². The van der Waals surface area contributed by atoms with E-state index in [1.807, 2.05) is 24.3 Å². The van der Waals surface area contributed by atoms with E-state index in [-0.39, 0.29) is 5.75 Å². The van der Waals surface area contributed by atoms with Gasteiger partial charge >= 0.3 is 0 Å². The molecule has 1 unspecified atom stereocenters. The van der Waals surface area contributed by atoms with Crippen LogP contribution in [0, 0.1) is 0 Å². The average molecular weight is 242 g/mol. The minimum absolute atomic E-state index is 0.159. The van der Waals surface area contributed by atoms with Gasteiger partial charge < -0.3 is 9.84 Å². The summed E-state index contributed by atoms with van der Waals surface area (Å²) in [6.45, 7) is 4.36. The van der Waals surface area contributed by atoms with Crippen LogP contribution in [0.4, 0.5) is 0 Å². The minimum atomic E-state index is 0.159. The van der Waals surface area contributed by atoms with Gasteiger partial charge in [-0.15, -0.1) is 0 Å². The zero-order chi connectivity index (χ0) is 13.0. The molecule has 0 spiro atoms. The van der Waals surface area contributed by atoms with E-state index in [0.717, 1.165) is 12.2 Å². The summed E-state index contributed by atoms with van der Waals surface area (Å²) in [4.78, 5) is 0. The molecule has 2 rings (SSSR count).